The van der Waals surface area contributed by atoms with E-state index in [9.17, 15) is 15.3 Å². The maximum Gasteiger partial charge on any atom is 0.192 e. The fourth-order valence-electron chi connectivity index (χ4n) is 1.61. The number of nitrogens with two attached hydrogens (primary N) is 1. The molecule has 19 heavy (non-hydrogen) atoms. The van der Waals surface area contributed by atoms with Crippen LogP contribution in [0.15, 0.2) is 0 Å². The van der Waals surface area contributed by atoms with Crippen LogP contribution >= 0.6 is 0 Å². The fraction of sp³-hybridized carbons (Fsp3) is 1.00. The Morgan fingerprint density at radius 3 is 2.16 bits per heavy atom. The highest BCUT2D eigenvalue weighted by Crippen LogP contribution is 2.37. The lowest BCUT2D eigenvalue weighted by molar-refractivity contribution is -0.247. The van der Waals surface area contributed by atoms with Gasteiger partial charge in [0.15, 0.2) is 14.6 Å². The molecule has 1 aliphatic heterocycles. The van der Waals surface area contributed by atoms with Crippen molar-refractivity contribution in [3.63, 3.8) is 0 Å². The zero-order valence-electron chi connectivity index (χ0n) is 12.3. The first kappa shape index (κ1) is 17.0. The highest BCUT2D eigenvalue weighted by molar-refractivity contribution is 6.74. The zero-order chi connectivity index (χ0) is 15.0. The molecule has 5 N–H and O–H groups in total. The molecule has 1 rings (SSSR count). The second-order valence-corrected chi connectivity index (χ2v) is 11.5. The minimum atomic E-state index is -1.97. The molecule has 2 unspecified atom stereocenters. The highest BCUT2D eigenvalue weighted by atomic mass is 28.4. The summed E-state index contributed by atoms with van der Waals surface area (Å²) in [4.78, 5) is 0. The average Bonchev–Trinajstić information content (AvgIpc) is 2.28. The summed E-state index contributed by atoms with van der Waals surface area (Å²) >= 11 is 0. The molecule has 1 aliphatic rings. The maximum absolute atomic E-state index is 9.89. The summed E-state index contributed by atoms with van der Waals surface area (Å²) in [5.41, 5.74) is 5.51. The molecule has 0 aromatic heterocycles. The molecular weight excluding hydrogens is 266 g/mol. The van der Waals surface area contributed by atoms with Crippen LogP contribution in [0.1, 0.15) is 20.8 Å². The minimum absolute atomic E-state index is 0.0419. The van der Waals surface area contributed by atoms with Gasteiger partial charge in [-0.3, -0.25) is 0 Å². The Hall–Kier alpha value is -0.0231. The van der Waals surface area contributed by atoms with E-state index in [2.05, 4.69) is 33.9 Å². The SMILES string of the molecule is CC(C)(C)[Si](C)(C)OCC1O[C@@H](O)[C@H](N)C(O)[C@H]1O. The first-order valence-corrected chi connectivity index (χ1v) is 9.47. The van der Waals surface area contributed by atoms with Gasteiger partial charge in [-0.05, 0) is 18.1 Å². The Kier molecular flexibility index (Phi) is 5.17. The lowest BCUT2D eigenvalue weighted by atomic mass is 9.98. The van der Waals surface area contributed by atoms with Crippen molar-refractivity contribution in [1.29, 1.82) is 0 Å². The Morgan fingerprint density at radius 2 is 1.68 bits per heavy atom. The Bertz CT molecular complexity index is 307. The molecule has 1 heterocycles. The summed E-state index contributed by atoms with van der Waals surface area (Å²) in [6, 6.07) is -1.00. The first-order chi connectivity index (χ1) is 8.47. The van der Waals surface area contributed by atoms with E-state index < -0.39 is 39.0 Å². The molecule has 1 saturated heterocycles. The maximum atomic E-state index is 9.89. The van der Waals surface area contributed by atoms with Crippen LogP contribution in [0.25, 0.3) is 0 Å². The van der Waals surface area contributed by atoms with E-state index in [4.69, 9.17) is 14.9 Å². The Balaban J connectivity index is 2.63. The smallest absolute Gasteiger partial charge is 0.192 e. The van der Waals surface area contributed by atoms with E-state index in [1.54, 1.807) is 0 Å². The van der Waals surface area contributed by atoms with E-state index in [-0.39, 0.29) is 11.6 Å². The van der Waals surface area contributed by atoms with Gasteiger partial charge in [-0.1, -0.05) is 20.8 Å². The van der Waals surface area contributed by atoms with Crippen LogP contribution in [0, 0.1) is 0 Å². The topological polar surface area (TPSA) is 105 Å². The lowest BCUT2D eigenvalue weighted by Gasteiger charge is -2.42. The molecule has 0 saturated carbocycles. The third kappa shape index (κ3) is 3.75. The Morgan fingerprint density at radius 1 is 1.16 bits per heavy atom. The summed E-state index contributed by atoms with van der Waals surface area (Å²) in [5, 5.41) is 29.2. The summed E-state index contributed by atoms with van der Waals surface area (Å²) in [6.45, 7) is 10.6. The van der Waals surface area contributed by atoms with Crippen molar-refractivity contribution >= 4 is 8.32 Å². The van der Waals surface area contributed by atoms with Gasteiger partial charge in [-0.2, -0.15) is 0 Å². The van der Waals surface area contributed by atoms with Crippen molar-refractivity contribution in [3.05, 3.63) is 0 Å². The minimum Gasteiger partial charge on any atom is -0.414 e. The van der Waals surface area contributed by atoms with Crippen LogP contribution in [0.3, 0.4) is 0 Å². The van der Waals surface area contributed by atoms with Crippen LogP contribution < -0.4 is 5.73 Å². The van der Waals surface area contributed by atoms with Gasteiger partial charge in [0.1, 0.15) is 18.3 Å². The van der Waals surface area contributed by atoms with E-state index in [1.807, 2.05) is 0 Å². The molecule has 0 aromatic carbocycles. The molecule has 0 radical (unpaired) electrons. The van der Waals surface area contributed by atoms with Crippen LogP contribution in [0.2, 0.25) is 18.1 Å². The van der Waals surface area contributed by atoms with Crippen molar-refractivity contribution < 1.29 is 24.5 Å². The van der Waals surface area contributed by atoms with E-state index in [1.165, 1.54) is 0 Å². The fourth-order valence-corrected chi connectivity index (χ4v) is 2.63. The van der Waals surface area contributed by atoms with Gasteiger partial charge in [0, 0.05) is 0 Å². The lowest BCUT2D eigenvalue weighted by Crippen LogP contribution is -2.62. The zero-order valence-corrected chi connectivity index (χ0v) is 13.3. The summed E-state index contributed by atoms with van der Waals surface area (Å²) < 4.78 is 11.1. The van der Waals surface area contributed by atoms with E-state index in [0.29, 0.717) is 0 Å². The van der Waals surface area contributed by atoms with Crippen molar-refractivity contribution in [2.24, 2.45) is 5.73 Å². The number of aliphatic hydroxyl groups excluding tert-OH is 3. The van der Waals surface area contributed by atoms with Crippen LogP contribution in [0.5, 0.6) is 0 Å². The van der Waals surface area contributed by atoms with Crippen molar-refractivity contribution in [3.8, 4) is 0 Å². The van der Waals surface area contributed by atoms with Gasteiger partial charge in [-0.15, -0.1) is 0 Å². The molecule has 114 valence electrons. The van der Waals surface area contributed by atoms with Crippen LogP contribution in [-0.2, 0) is 9.16 Å². The Labute approximate surface area is 115 Å². The average molecular weight is 293 g/mol. The van der Waals surface area contributed by atoms with Crippen molar-refractivity contribution in [2.75, 3.05) is 6.61 Å². The molecule has 0 aromatic rings. The predicted molar refractivity (Wildman–Crippen MR) is 74.0 cm³/mol. The molecule has 0 amide bonds. The van der Waals surface area contributed by atoms with Gasteiger partial charge in [0.2, 0.25) is 0 Å². The molecule has 0 spiro atoms. The third-order valence-electron chi connectivity index (χ3n) is 4.18. The van der Waals surface area contributed by atoms with Gasteiger partial charge >= 0.3 is 0 Å². The number of hydrogen-bond donors (Lipinski definition) is 4. The summed E-state index contributed by atoms with van der Waals surface area (Å²) in [5.74, 6) is 0. The summed E-state index contributed by atoms with van der Waals surface area (Å²) in [6.07, 6.45) is -4.41. The first-order valence-electron chi connectivity index (χ1n) is 6.56. The molecule has 5 atom stereocenters. The molecule has 1 fully saturated rings. The van der Waals surface area contributed by atoms with Crippen LogP contribution in [0.4, 0.5) is 0 Å². The molecule has 0 aliphatic carbocycles. The third-order valence-corrected chi connectivity index (χ3v) is 8.68. The molecule has 0 bridgehead atoms. The second-order valence-electron chi connectivity index (χ2n) is 6.69. The quantitative estimate of drug-likeness (QED) is 0.536. The standard InChI is InChI=1S/C12H27NO5Si/c1-12(2,3)19(4,5)17-6-7-9(14)10(15)8(13)11(16)18-7/h7-11,14-16H,6,13H2,1-5H3/t7?,8-,9+,10?,11-/m1/s1. The number of ether oxygens (including phenoxy) is 1. The van der Waals surface area contributed by atoms with Gasteiger partial charge in [-0.25, -0.2) is 0 Å². The largest absolute Gasteiger partial charge is 0.414 e. The predicted octanol–water partition coefficient (Wildman–Crippen LogP) is -0.225. The number of hydrogen-bond acceptors (Lipinski definition) is 6. The van der Waals surface area contributed by atoms with Crippen LogP contribution in [-0.4, -0.2) is 60.9 Å². The number of rotatable bonds is 3. The normalized spacial score (nSPS) is 37.4. The van der Waals surface area contributed by atoms with Crippen molar-refractivity contribution in [1.82, 2.24) is 0 Å². The van der Waals surface area contributed by atoms with Gasteiger partial charge in [0.05, 0.1) is 12.6 Å². The highest BCUT2D eigenvalue weighted by Gasteiger charge is 2.44. The number of aliphatic hydroxyl groups is 3. The van der Waals surface area contributed by atoms with Crippen molar-refractivity contribution in [2.45, 2.75) is 69.5 Å². The summed E-state index contributed by atoms with van der Waals surface area (Å²) in [7, 11) is -1.97. The van der Waals surface area contributed by atoms with E-state index >= 15 is 0 Å². The van der Waals surface area contributed by atoms with Gasteiger partial charge in [0.25, 0.3) is 0 Å². The molecule has 7 heteroatoms. The molecular formula is C12H27NO5Si. The van der Waals surface area contributed by atoms with Gasteiger partial charge < -0.3 is 30.2 Å². The van der Waals surface area contributed by atoms with E-state index in [0.717, 1.165) is 0 Å². The molecule has 6 nitrogen and oxygen atoms in total. The second kappa shape index (κ2) is 5.77. The monoisotopic (exact) mass is 293 g/mol.